The number of unbranched alkanes of at least 4 members (excludes halogenated alkanes) is 2. The Hall–Kier alpha value is -0.130. The Balaban J connectivity index is 1.74. The van der Waals surface area contributed by atoms with E-state index in [9.17, 15) is 0 Å². The molecule has 0 bridgehead atoms. The average Bonchev–Trinajstić information content (AvgIpc) is 2.43. The molecule has 0 spiro atoms. The molecule has 0 aliphatic carbocycles. The van der Waals surface area contributed by atoms with E-state index in [1.54, 1.807) is 0 Å². The lowest BCUT2D eigenvalue weighted by molar-refractivity contribution is 0.0426. The first-order chi connectivity index (χ1) is 8.92. The number of fused-ring (bicyclic) bond motifs is 1. The van der Waals surface area contributed by atoms with Crippen LogP contribution in [0.5, 0.6) is 0 Å². The van der Waals surface area contributed by atoms with Crippen LogP contribution in [0.2, 0.25) is 0 Å². The van der Waals surface area contributed by atoms with Crippen molar-refractivity contribution in [1.29, 1.82) is 0 Å². The van der Waals surface area contributed by atoms with Gasteiger partial charge >= 0.3 is 0 Å². The molecule has 1 aromatic carbocycles. The SMILES string of the molecule is ICCCCCNCC1OCCc2ccccc21. The summed E-state index contributed by atoms with van der Waals surface area (Å²) < 4.78 is 7.14. The van der Waals surface area contributed by atoms with Gasteiger partial charge in [-0.15, -0.1) is 0 Å². The van der Waals surface area contributed by atoms with Gasteiger partial charge in [-0.05, 0) is 41.4 Å². The Kier molecular flexibility index (Phi) is 6.45. The summed E-state index contributed by atoms with van der Waals surface area (Å²) in [7, 11) is 0. The third kappa shape index (κ3) is 4.21. The zero-order valence-corrected chi connectivity index (χ0v) is 13.0. The molecule has 1 atom stereocenters. The van der Waals surface area contributed by atoms with Crippen LogP contribution >= 0.6 is 22.6 Å². The van der Waals surface area contributed by atoms with Gasteiger partial charge in [0.15, 0.2) is 0 Å². The van der Waals surface area contributed by atoms with Crippen LogP contribution in [0.4, 0.5) is 0 Å². The summed E-state index contributed by atoms with van der Waals surface area (Å²) >= 11 is 2.44. The van der Waals surface area contributed by atoms with E-state index in [0.717, 1.165) is 26.1 Å². The molecule has 0 saturated carbocycles. The first-order valence-electron chi connectivity index (χ1n) is 6.88. The zero-order valence-electron chi connectivity index (χ0n) is 10.8. The molecule has 1 aromatic rings. The van der Waals surface area contributed by atoms with E-state index in [0.29, 0.717) is 0 Å². The molecule has 1 N–H and O–H groups in total. The van der Waals surface area contributed by atoms with E-state index < -0.39 is 0 Å². The van der Waals surface area contributed by atoms with Crippen LogP contribution in [0.3, 0.4) is 0 Å². The maximum Gasteiger partial charge on any atom is 0.0952 e. The Morgan fingerprint density at radius 1 is 1.22 bits per heavy atom. The number of rotatable bonds is 7. The second-order valence-corrected chi connectivity index (χ2v) is 5.84. The molecule has 0 amide bonds. The van der Waals surface area contributed by atoms with Gasteiger partial charge in [-0.3, -0.25) is 0 Å². The molecule has 100 valence electrons. The molecule has 2 rings (SSSR count). The van der Waals surface area contributed by atoms with Gasteiger partial charge in [-0.1, -0.05) is 53.3 Å². The second kappa shape index (κ2) is 8.12. The van der Waals surface area contributed by atoms with Crippen molar-refractivity contribution in [3.8, 4) is 0 Å². The summed E-state index contributed by atoms with van der Waals surface area (Å²) in [4.78, 5) is 0. The maximum atomic E-state index is 5.87. The van der Waals surface area contributed by atoms with Gasteiger partial charge in [0.2, 0.25) is 0 Å². The lowest BCUT2D eigenvalue weighted by atomic mass is 9.97. The normalized spacial score (nSPS) is 18.6. The lowest BCUT2D eigenvalue weighted by Gasteiger charge is -2.26. The van der Waals surface area contributed by atoms with Gasteiger partial charge in [0.1, 0.15) is 0 Å². The Labute approximate surface area is 124 Å². The van der Waals surface area contributed by atoms with Crippen molar-refractivity contribution >= 4 is 22.6 Å². The predicted molar refractivity (Wildman–Crippen MR) is 84.4 cm³/mol. The highest BCUT2D eigenvalue weighted by Crippen LogP contribution is 2.26. The molecular weight excluding hydrogens is 337 g/mol. The maximum absolute atomic E-state index is 5.87. The smallest absolute Gasteiger partial charge is 0.0952 e. The topological polar surface area (TPSA) is 21.3 Å². The number of benzene rings is 1. The van der Waals surface area contributed by atoms with Crippen molar-refractivity contribution in [2.24, 2.45) is 0 Å². The number of nitrogens with one attached hydrogen (secondary N) is 1. The van der Waals surface area contributed by atoms with Crippen LogP contribution in [0.1, 0.15) is 36.5 Å². The Morgan fingerprint density at radius 3 is 3.00 bits per heavy atom. The highest BCUT2D eigenvalue weighted by molar-refractivity contribution is 14.1. The van der Waals surface area contributed by atoms with Crippen LogP contribution in [-0.2, 0) is 11.2 Å². The van der Waals surface area contributed by atoms with Crippen LogP contribution in [0.15, 0.2) is 24.3 Å². The summed E-state index contributed by atoms with van der Waals surface area (Å²) in [6, 6.07) is 8.67. The van der Waals surface area contributed by atoms with Gasteiger partial charge in [-0.2, -0.15) is 0 Å². The van der Waals surface area contributed by atoms with E-state index >= 15 is 0 Å². The molecular formula is C15H22INO. The highest BCUT2D eigenvalue weighted by atomic mass is 127. The van der Waals surface area contributed by atoms with Gasteiger partial charge in [0, 0.05) is 6.54 Å². The predicted octanol–water partition coefficient (Wildman–Crippen LogP) is 3.50. The van der Waals surface area contributed by atoms with E-state index in [1.807, 2.05) is 0 Å². The molecule has 1 heterocycles. The summed E-state index contributed by atoms with van der Waals surface area (Å²) in [5.41, 5.74) is 2.84. The third-order valence-electron chi connectivity index (χ3n) is 3.41. The minimum atomic E-state index is 0.250. The molecule has 0 radical (unpaired) electrons. The molecule has 3 heteroatoms. The van der Waals surface area contributed by atoms with Crippen molar-refractivity contribution in [2.75, 3.05) is 24.1 Å². The van der Waals surface area contributed by atoms with Crippen molar-refractivity contribution in [2.45, 2.75) is 31.8 Å². The summed E-state index contributed by atoms with van der Waals surface area (Å²) in [5, 5.41) is 3.53. The zero-order chi connectivity index (χ0) is 12.6. The van der Waals surface area contributed by atoms with Gasteiger partial charge in [0.05, 0.1) is 12.7 Å². The molecule has 18 heavy (non-hydrogen) atoms. The lowest BCUT2D eigenvalue weighted by Crippen LogP contribution is -2.28. The van der Waals surface area contributed by atoms with Crippen LogP contribution in [-0.4, -0.2) is 24.1 Å². The monoisotopic (exact) mass is 359 g/mol. The van der Waals surface area contributed by atoms with E-state index in [-0.39, 0.29) is 6.10 Å². The molecule has 0 aromatic heterocycles. The molecule has 0 fully saturated rings. The summed E-state index contributed by atoms with van der Waals surface area (Å²) in [6.45, 7) is 2.91. The van der Waals surface area contributed by atoms with Crippen LogP contribution < -0.4 is 5.32 Å². The van der Waals surface area contributed by atoms with E-state index in [4.69, 9.17) is 4.74 Å². The summed E-state index contributed by atoms with van der Waals surface area (Å²) in [6.07, 6.45) is 5.25. The molecule has 1 aliphatic heterocycles. The minimum Gasteiger partial charge on any atom is -0.372 e. The van der Waals surface area contributed by atoms with E-state index in [1.165, 1.54) is 34.8 Å². The first-order valence-corrected chi connectivity index (χ1v) is 8.40. The number of hydrogen-bond donors (Lipinski definition) is 1. The third-order valence-corrected chi connectivity index (χ3v) is 4.17. The Bertz CT molecular complexity index is 356. The first kappa shape index (κ1) is 14.3. The molecule has 0 saturated heterocycles. The van der Waals surface area contributed by atoms with E-state index in [2.05, 4.69) is 52.2 Å². The van der Waals surface area contributed by atoms with Crippen molar-refractivity contribution in [3.63, 3.8) is 0 Å². The number of ether oxygens (including phenoxy) is 1. The van der Waals surface area contributed by atoms with Crippen LogP contribution in [0, 0.1) is 0 Å². The number of hydrogen-bond acceptors (Lipinski definition) is 2. The molecule has 1 aliphatic rings. The van der Waals surface area contributed by atoms with Gasteiger partial charge < -0.3 is 10.1 Å². The van der Waals surface area contributed by atoms with Crippen molar-refractivity contribution in [1.82, 2.24) is 5.32 Å². The van der Waals surface area contributed by atoms with Crippen molar-refractivity contribution in [3.05, 3.63) is 35.4 Å². The fourth-order valence-corrected chi connectivity index (χ4v) is 2.94. The van der Waals surface area contributed by atoms with Gasteiger partial charge in [-0.25, -0.2) is 0 Å². The number of alkyl halides is 1. The fraction of sp³-hybridized carbons (Fsp3) is 0.600. The molecule has 2 nitrogen and oxygen atoms in total. The minimum absolute atomic E-state index is 0.250. The number of halogens is 1. The van der Waals surface area contributed by atoms with Crippen molar-refractivity contribution < 1.29 is 4.74 Å². The second-order valence-electron chi connectivity index (χ2n) is 4.76. The largest absolute Gasteiger partial charge is 0.372 e. The average molecular weight is 359 g/mol. The quantitative estimate of drug-likeness (QED) is 0.457. The fourth-order valence-electron chi connectivity index (χ4n) is 2.40. The summed E-state index contributed by atoms with van der Waals surface area (Å²) in [5.74, 6) is 0. The molecule has 1 unspecified atom stereocenters. The standard InChI is InChI=1S/C15H22INO/c16-9-4-1-5-10-17-12-15-14-7-3-2-6-13(14)8-11-18-15/h2-3,6-7,15,17H,1,4-5,8-12H2. The highest BCUT2D eigenvalue weighted by Gasteiger charge is 2.19. The van der Waals surface area contributed by atoms with Crippen LogP contribution in [0.25, 0.3) is 0 Å². The Morgan fingerprint density at radius 2 is 2.11 bits per heavy atom. The van der Waals surface area contributed by atoms with Gasteiger partial charge in [0.25, 0.3) is 0 Å².